The maximum atomic E-state index is 12.0. The van der Waals surface area contributed by atoms with Crippen molar-refractivity contribution in [2.45, 2.75) is 45.3 Å². The minimum atomic E-state index is -1.20. The second-order valence-corrected chi connectivity index (χ2v) is 6.09. The molecule has 0 unspecified atom stereocenters. The van der Waals surface area contributed by atoms with Gasteiger partial charge >= 0.3 is 6.09 Å². The summed E-state index contributed by atoms with van der Waals surface area (Å²) in [5, 5.41) is 2.60. The van der Waals surface area contributed by atoms with Gasteiger partial charge < -0.3 is 10.1 Å². The molecule has 1 aromatic rings. The average Bonchev–Trinajstić information content (AvgIpc) is 2.36. The molecular weight excluding hydrogens is 270 g/mol. The van der Waals surface area contributed by atoms with Crippen LogP contribution in [0, 0.1) is 0 Å². The number of alkyl carbamates (subject to hydrolysis) is 1. The van der Waals surface area contributed by atoms with Crippen molar-refractivity contribution in [1.29, 1.82) is 0 Å². The monoisotopic (exact) mass is 293 g/mol. The highest BCUT2D eigenvalue weighted by atomic mass is 16.6. The third kappa shape index (κ3) is 5.43. The molecule has 0 aliphatic heterocycles. The van der Waals surface area contributed by atoms with Gasteiger partial charge in [0.15, 0.2) is 0 Å². The molecule has 6 nitrogen and oxygen atoms in total. The van der Waals surface area contributed by atoms with Crippen LogP contribution < -0.4 is 16.6 Å². The van der Waals surface area contributed by atoms with Crippen LogP contribution in [-0.4, -0.2) is 23.1 Å². The van der Waals surface area contributed by atoms with Crippen LogP contribution in [0.1, 0.15) is 33.3 Å². The number of ether oxygens (including phenoxy) is 1. The van der Waals surface area contributed by atoms with Gasteiger partial charge in [0.25, 0.3) is 5.91 Å². The highest BCUT2D eigenvalue weighted by Crippen LogP contribution is 2.15. The Hall–Kier alpha value is -2.08. The molecule has 2 amide bonds. The number of benzene rings is 1. The fraction of sp³-hybridized carbons (Fsp3) is 0.467. The molecule has 0 fully saturated rings. The molecule has 0 aliphatic carbocycles. The Morgan fingerprint density at radius 3 is 2.19 bits per heavy atom. The minimum absolute atomic E-state index is 0.302. The Balaban J connectivity index is 2.89. The van der Waals surface area contributed by atoms with E-state index in [4.69, 9.17) is 10.6 Å². The lowest BCUT2D eigenvalue weighted by atomic mass is 9.92. The van der Waals surface area contributed by atoms with Crippen LogP contribution in [0.5, 0.6) is 0 Å². The van der Waals surface area contributed by atoms with E-state index in [9.17, 15) is 9.59 Å². The highest BCUT2D eigenvalue weighted by Gasteiger charge is 2.36. The van der Waals surface area contributed by atoms with Gasteiger partial charge in [-0.15, -0.1) is 0 Å². The summed E-state index contributed by atoms with van der Waals surface area (Å²) in [5.74, 6) is 4.73. The van der Waals surface area contributed by atoms with E-state index in [0.29, 0.717) is 6.42 Å². The molecule has 1 aromatic carbocycles. The quantitative estimate of drug-likeness (QED) is 0.445. The molecule has 0 radical (unpaired) electrons. The van der Waals surface area contributed by atoms with Gasteiger partial charge in [-0.05, 0) is 33.3 Å². The van der Waals surface area contributed by atoms with Gasteiger partial charge in [-0.1, -0.05) is 30.3 Å². The molecule has 0 spiro atoms. The standard InChI is InChI=1S/C15H23N3O3/c1-14(2,3)21-13(20)17-15(4,12(19)18-16)10-11-8-6-5-7-9-11/h5-9H,10,16H2,1-4H3,(H,17,20)(H,18,19)/t15-/m1/s1. The topological polar surface area (TPSA) is 93.4 Å². The normalized spacial score (nSPS) is 14.0. The van der Waals surface area contributed by atoms with Crippen LogP contribution in [0.15, 0.2) is 30.3 Å². The van der Waals surface area contributed by atoms with Gasteiger partial charge in [0.1, 0.15) is 11.1 Å². The van der Waals surface area contributed by atoms with E-state index < -0.39 is 23.1 Å². The Bertz CT molecular complexity index is 497. The summed E-state index contributed by atoms with van der Waals surface area (Å²) in [5.41, 5.74) is 1.15. The summed E-state index contributed by atoms with van der Waals surface area (Å²) >= 11 is 0. The lowest BCUT2D eigenvalue weighted by Crippen LogP contribution is -2.60. The van der Waals surface area contributed by atoms with Gasteiger partial charge in [-0.2, -0.15) is 0 Å². The number of nitrogens with two attached hydrogens (primary N) is 1. The van der Waals surface area contributed by atoms with Crippen molar-refractivity contribution in [3.8, 4) is 0 Å². The first-order chi connectivity index (χ1) is 9.66. The number of hydrogen-bond donors (Lipinski definition) is 3. The number of hydrazine groups is 1. The van der Waals surface area contributed by atoms with Crippen LogP contribution >= 0.6 is 0 Å². The second-order valence-electron chi connectivity index (χ2n) is 6.09. The summed E-state index contributed by atoms with van der Waals surface area (Å²) < 4.78 is 5.19. The van der Waals surface area contributed by atoms with E-state index in [1.54, 1.807) is 27.7 Å². The van der Waals surface area contributed by atoms with Crippen LogP contribution in [0.3, 0.4) is 0 Å². The third-order valence-corrected chi connectivity index (χ3v) is 2.81. The highest BCUT2D eigenvalue weighted by molar-refractivity contribution is 5.89. The van der Waals surface area contributed by atoms with Gasteiger partial charge in [0.05, 0.1) is 0 Å². The molecule has 0 aliphatic rings. The van der Waals surface area contributed by atoms with E-state index in [1.807, 2.05) is 30.3 Å². The van der Waals surface area contributed by atoms with Gasteiger partial charge in [-0.3, -0.25) is 10.2 Å². The van der Waals surface area contributed by atoms with Crippen molar-refractivity contribution >= 4 is 12.0 Å². The number of hydrogen-bond acceptors (Lipinski definition) is 4. The molecule has 116 valence electrons. The molecular formula is C15H23N3O3. The summed E-state index contributed by atoms with van der Waals surface area (Å²) in [4.78, 5) is 24.0. The average molecular weight is 293 g/mol. The SMILES string of the molecule is CC(C)(C)OC(=O)N[C@](C)(Cc1ccccc1)C(=O)NN. The zero-order valence-electron chi connectivity index (χ0n) is 12.9. The van der Waals surface area contributed by atoms with Crippen LogP contribution in [0.4, 0.5) is 4.79 Å². The van der Waals surface area contributed by atoms with Crippen molar-refractivity contribution < 1.29 is 14.3 Å². The summed E-state index contributed by atoms with van der Waals surface area (Å²) in [6.07, 6.45) is -0.361. The van der Waals surface area contributed by atoms with Gasteiger partial charge in [-0.25, -0.2) is 10.6 Å². The molecule has 0 saturated heterocycles. The van der Waals surface area contributed by atoms with E-state index in [0.717, 1.165) is 5.56 Å². The number of amides is 2. The minimum Gasteiger partial charge on any atom is -0.444 e. The maximum Gasteiger partial charge on any atom is 0.408 e. The van der Waals surface area contributed by atoms with Gasteiger partial charge in [0, 0.05) is 6.42 Å². The molecule has 0 heterocycles. The summed E-state index contributed by atoms with van der Waals surface area (Å²) in [6, 6.07) is 9.36. The van der Waals surface area contributed by atoms with Crippen molar-refractivity contribution in [2.75, 3.05) is 0 Å². The molecule has 21 heavy (non-hydrogen) atoms. The predicted octanol–water partition coefficient (Wildman–Crippen LogP) is 1.50. The third-order valence-electron chi connectivity index (χ3n) is 2.81. The smallest absolute Gasteiger partial charge is 0.408 e. The first-order valence-electron chi connectivity index (χ1n) is 6.72. The number of carbonyl (C=O) groups is 2. The summed E-state index contributed by atoms with van der Waals surface area (Å²) in [6.45, 7) is 6.87. The maximum absolute atomic E-state index is 12.0. The van der Waals surface area contributed by atoms with Crippen LogP contribution in [0.25, 0.3) is 0 Å². The van der Waals surface area contributed by atoms with E-state index >= 15 is 0 Å². The van der Waals surface area contributed by atoms with E-state index in [-0.39, 0.29) is 0 Å². The summed E-state index contributed by atoms with van der Waals surface area (Å²) in [7, 11) is 0. The zero-order valence-corrected chi connectivity index (χ0v) is 12.9. The van der Waals surface area contributed by atoms with Crippen molar-refractivity contribution in [3.05, 3.63) is 35.9 Å². The Kier molecular flexibility index (Phi) is 5.32. The first-order valence-corrected chi connectivity index (χ1v) is 6.72. The molecule has 0 aromatic heterocycles. The fourth-order valence-corrected chi connectivity index (χ4v) is 1.87. The van der Waals surface area contributed by atoms with Crippen molar-refractivity contribution in [2.24, 2.45) is 5.84 Å². The Morgan fingerprint density at radius 1 is 1.14 bits per heavy atom. The number of rotatable bonds is 4. The first kappa shape index (κ1) is 17.0. The molecule has 1 rings (SSSR count). The molecule has 6 heteroatoms. The predicted molar refractivity (Wildman–Crippen MR) is 80.3 cm³/mol. The van der Waals surface area contributed by atoms with Crippen molar-refractivity contribution in [3.63, 3.8) is 0 Å². The largest absolute Gasteiger partial charge is 0.444 e. The molecule has 1 atom stereocenters. The Labute approximate surface area is 125 Å². The Morgan fingerprint density at radius 2 is 1.71 bits per heavy atom. The molecule has 4 N–H and O–H groups in total. The van der Waals surface area contributed by atoms with Crippen LogP contribution in [-0.2, 0) is 16.0 Å². The van der Waals surface area contributed by atoms with E-state index in [1.165, 1.54) is 0 Å². The number of nitrogens with one attached hydrogen (secondary N) is 2. The fourth-order valence-electron chi connectivity index (χ4n) is 1.87. The zero-order chi connectivity index (χ0) is 16.1. The molecule has 0 saturated carbocycles. The number of carbonyl (C=O) groups excluding carboxylic acids is 2. The second kappa shape index (κ2) is 6.58. The van der Waals surface area contributed by atoms with Crippen molar-refractivity contribution in [1.82, 2.24) is 10.7 Å². The lowest BCUT2D eigenvalue weighted by molar-refractivity contribution is -0.127. The lowest BCUT2D eigenvalue weighted by Gasteiger charge is -2.30. The van der Waals surface area contributed by atoms with Gasteiger partial charge in [0.2, 0.25) is 0 Å². The van der Waals surface area contributed by atoms with E-state index in [2.05, 4.69) is 10.7 Å². The van der Waals surface area contributed by atoms with Crippen LogP contribution in [0.2, 0.25) is 0 Å². The molecule has 0 bridgehead atoms.